The van der Waals surface area contributed by atoms with Crippen molar-refractivity contribution in [3.63, 3.8) is 0 Å². The zero-order valence-electron chi connectivity index (χ0n) is 14.3. The molecule has 3 atom stereocenters. The molecule has 122 valence electrons. The van der Waals surface area contributed by atoms with E-state index in [-0.39, 0.29) is 0 Å². The molecule has 23 heavy (non-hydrogen) atoms. The molecular formula is C22H28S. The lowest BCUT2D eigenvalue weighted by Crippen LogP contribution is -2.18. The fraction of sp³-hybridized carbons (Fsp3) is 0.364. The molecule has 1 heteroatoms. The molecule has 0 bridgehead atoms. The van der Waals surface area contributed by atoms with Crippen LogP contribution in [-0.2, 0) is 0 Å². The van der Waals surface area contributed by atoms with Crippen LogP contribution in [-0.4, -0.2) is 0 Å². The minimum Gasteiger partial charge on any atom is -0.148 e. The Morgan fingerprint density at radius 1 is 1.26 bits per heavy atom. The summed E-state index contributed by atoms with van der Waals surface area (Å²) in [6.07, 6.45) is 25.3. The van der Waals surface area contributed by atoms with Gasteiger partial charge in [0, 0.05) is 11.8 Å². The fourth-order valence-electron chi connectivity index (χ4n) is 3.33. The van der Waals surface area contributed by atoms with E-state index in [2.05, 4.69) is 93.8 Å². The van der Waals surface area contributed by atoms with Gasteiger partial charge >= 0.3 is 0 Å². The maximum absolute atomic E-state index is 4.58. The highest BCUT2D eigenvalue weighted by Gasteiger charge is 2.26. The molecular weight excluding hydrogens is 296 g/mol. The zero-order chi connectivity index (χ0) is 16.7. The third kappa shape index (κ3) is 4.75. The summed E-state index contributed by atoms with van der Waals surface area (Å²) in [6, 6.07) is 0. The summed E-state index contributed by atoms with van der Waals surface area (Å²) in [5.41, 5.74) is 2.64. The summed E-state index contributed by atoms with van der Waals surface area (Å²) in [7, 11) is 0. The monoisotopic (exact) mass is 324 g/mol. The van der Waals surface area contributed by atoms with Crippen LogP contribution in [0.15, 0.2) is 83.4 Å². The van der Waals surface area contributed by atoms with Gasteiger partial charge in [0.05, 0.1) is 0 Å². The van der Waals surface area contributed by atoms with Crippen molar-refractivity contribution in [2.75, 3.05) is 0 Å². The molecule has 2 aliphatic carbocycles. The summed E-state index contributed by atoms with van der Waals surface area (Å²) in [5, 5.41) is 0. The molecule has 0 heterocycles. The van der Waals surface area contributed by atoms with Crippen molar-refractivity contribution in [2.24, 2.45) is 17.8 Å². The zero-order valence-corrected chi connectivity index (χ0v) is 15.2. The number of allylic oxidation sites excluding steroid dienone is 13. The summed E-state index contributed by atoms with van der Waals surface area (Å²) in [5.74, 6) is 1.26. The van der Waals surface area contributed by atoms with Crippen molar-refractivity contribution < 1.29 is 0 Å². The van der Waals surface area contributed by atoms with E-state index >= 15 is 0 Å². The highest BCUT2D eigenvalue weighted by Crippen LogP contribution is 2.39. The third-order valence-corrected chi connectivity index (χ3v) is 4.87. The molecule has 0 spiro atoms. The van der Waals surface area contributed by atoms with E-state index in [1.54, 1.807) is 0 Å². The Hall–Kier alpha value is -1.47. The van der Waals surface area contributed by atoms with Gasteiger partial charge in [0.2, 0.25) is 0 Å². The normalized spacial score (nSPS) is 27.5. The fourth-order valence-corrected chi connectivity index (χ4v) is 3.63. The van der Waals surface area contributed by atoms with E-state index in [4.69, 9.17) is 0 Å². The predicted octanol–water partition coefficient (Wildman–Crippen LogP) is 6.59. The van der Waals surface area contributed by atoms with E-state index in [1.807, 2.05) is 0 Å². The van der Waals surface area contributed by atoms with Crippen LogP contribution in [0.3, 0.4) is 0 Å². The Balaban J connectivity index is 2.21. The van der Waals surface area contributed by atoms with Crippen molar-refractivity contribution in [2.45, 2.75) is 33.1 Å². The van der Waals surface area contributed by atoms with Gasteiger partial charge in [0.1, 0.15) is 0 Å². The molecule has 3 unspecified atom stereocenters. The van der Waals surface area contributed by atoms with Crippen LogP contribution < -0.4 is 0 Å². The summed E-state index contributed by atoms with van der Waals surface area (Å²) in [4.78, 5) is 1.17. The Labute approximate surface area is 147 Å². The second-order valence-corrected chi connectivity index (χ2v) is 6.79. The average molecular weight is 325 g/mol. The van der Waals surface area contributed by atoms with Gasteiger partial charge in [0.25, 0.3) is 0 Å². The van der Waals surface area contributed by atoms with Gasteiger partial charge < -0.3 is 0 Å². The minimum absolute atomic E-state index is 0.356. The molecule has 2 rings (SSSR count). The Bertz CT molecular complexity index is 595. The van der Waals surface area contributed by atoms with Crippen molar-refractivity contribution in [1.29, 1.82) is 0 Å². The molecule has 0 radical (unpaired) electrons. The van der Waals surface area contributed by atoms with Crippen LogP contribution in [0.4, 0.5) is 0 Å². The number of thiol groups is 1. The number of hydrogen-bond donors (Lipinski definition) is 1. The lowest BCUT2D eigenvalue weighted by atomic mass is 9.74. The van der Waals surface area contributed by atoms with Crippen molar-refractivity contribution in [3.8, 4) is 0 Å². The molecule has 0 fully saturated rings. The summed E-state index contributed by atoms with van der Waals surface area (Å²) >= 11 is 4.58. The third-order valence-electron chi connectivity index (χ3n) is 4.54. The molecule has 0 aromatic rings. The van der Waals surface area contributed by atoms with Crippen molar-refractivity contribution in [1.82, 2.24) is 0 Å². The first-order valence-electron chi connectivity index (χ1n) is 8.59. The Kier molecular flexibility index (Phi) is 6.98. The van der Waals surface area contributed by atoms with Crippen LogP contribution in [0.2, 0.25) is 0 Å². The van der Waals surface area contributed by atoms with Crippen molar-refractivity contribution >= 4 is 12.6 Å². The van der Waals surface area contributed by atoms with E-state index in [1.165, 1.54) is 16.1 Å². The molecule has 0 saturated heterocycles. The molecule has 0 aliphatic heterocycles. The Morgan fingerprint density at radius 3 is 2.78 bits per heavy atom. The molecule has 0 N–H and O–H groups in total. The van der Waals surface area contributed by atoms with Crippen LogP contribution in [0.1, 0.15) is 33.1 Å². The average Bonchev–Trinajstić information content (AvgIpc) is 2.55. The van der Waals surface area contributed by atoms with Crippen LogP contribution in [0.25, 0.3) is 0 Å². The second kappa shape index (κ2) is 8.98. The highest BCUT2D eigenvalue weighted by atomic mass is 32.1. The van der Waals surface area contributed by atoms with Crippen LogP contribution in [0.5, 0.6) is 0 Å². The number of hydrogen-bond acceptors (Lipinski definition) is 1. The maximum atomic E-state index is 4.58. The molecule has 0 aromatic heterocycles. The number of rotatable bonds is 6. The maximum Gasteiger partial charge on any atom is 0.0116 e. The van der Waals surface area contributed by atoms with Gasteiger partial charge in [-0.2, -0.15) is 0 Å². The first-order chi connectivity index (χ1) is 11.2. The van der Waals surface area contributed by atoms with Gasteiger partial charge in [-0.3, -0.25) is 0 Å². The minimum atomic E-state index is 0.356. The lowest BCUT2D eigenvalue weighted by Gasteiger charge is -2.30. The van der Waals surface area contributed by atoms with Gasteiger partial charge in [0.15, 0.2) is 0 Å². The predicted molar refractivity (Wildman–Crippen MR) is 107 cm³/mol. The topological polar surface area (TPSA) is 0 Å². The molecule has 0 saturated carbocycles. The van der Waals surface area contributed by atoms with E-state index in [9.17, 15) is 0 Å². The lowest BCUT2D eigenvalue weighted by molar-refractivity contribution is 0.576. The highest BCUT2D eigenvalue weighted by molar-refractivity contribution is 7.84. The largest absolute Gasteiger partial charge is 0.148 e. The SMILES string of the molecule is C=C(C1=CC=C(S)CC1CC=CCC)C1C=CC=CC1/C=C\C. The van der Waals surface area contributed by atoms with Gasteiger partial charge in [-0.15, -0.1) is 12.6 Å². The summed E-state index contributed by atoms with van der Waals surface area (Å²) < 4.78 is 0. The molecule has 0 nitrogen and oxygen atoms in total. The van der Waals surface area contributed by atoms with E-state index < -0.39 is 0 Å². The Morgan fingerprint density at radius 2 is 2.04 bits per heavy atom. The quantitative estimate of drug-likeness (QED) is 0.413. The van der Waals surface area contributed by atoms with Crippen LogP contribution >= 0.6 is 12.6 Å². The standard InChI is InChI=1S/C22H28S/c1-4-6-7-12-19-16-20(23)14-15-22(19)17(3)21-13-9-8-11-18(21)10-5-2/h5-11,13-15,18-19,21,23H,3-4,12,16H2,1-2H3/b7-6?,10-5-. The van der Waals surface area contributed by atoms with Crippen LogP contribution in [0, 0.1) is 17.8 Å². The molecule has 2 aliphatic rings. The van der Waals surface area contributed by atoms with E-state index in [0.29, 0.717) is 17.8 Å². The smallest absolute Gasteiger partial charge is 0.0116 e. The first kappa shape index (κ1) is 17.9. The second-order valence-electron chi connectivity index (χ2n) is 6.22. The van der Waals surface area contributed by atoms with Crippen molar-refractivity contribution in [3.05, 3.63) is 83.4 Å². The molecule has 0 aromatic carbocycles. The first-order valence-corrected chi connectivity index (χ1v) is 9.03. The van der Waals surface area contributed by atoms with Gasteiger partial charge in [-0.25, -0.2) is 0 Å². The molecule has 0 amide bonds. The van der Waals surface area contributed by atoms with E-state index in [0.717, 1.165) is 19.3 Å². The van der Waals surface area contributed by atoms with Gasteiger partial charge in [-0.1, -0.05) is 74.3 Å². The van der Waals surface area contributed by atoms with Gasteiger partial charge in [-0.05, 0) is 48.2 Å². The summed E-state index contributed by atoms with van der Waals surface area (Å²) in [6.45, 7) is 8.73.